The second-order valence-corrected chi connectivity index (χ2v) is 17.8. The largest absolute Gasteiger partial charge is 0.310 e. The number of rotatable bonds is 5. The predicted molar refractivity (Wildman–Crippen MR) is 242 cm³/mol. The molecule has 9 aromatic rings. The molecule has 4 bridgehead atoms. The summed E-state index contributed by atoms with van der Waals surface area (Å²) in [5.74, 6) is 3.41. The van der Waals surface area contributed by atoms with E-state index in [1.54, 1.807) is 11.1 Å². The van der Waals surface area contributed by atoms with Gasteiger partial charge in [0, 0.05) is 38.9 Å². The molecule has 14 rings (SSSR count). The Labute approximate surface area is 340 Å². The first-order chi connectivity index (χ1) is 28.7. The van der Waals surface area contributed by atoms with E-state index in [1.165, 1.54) is 86.9 Å². The maximum atomic E-state index is 2.61. The topological polar surface area (TPSA) is 8.17 Å². The summed E-state index contributed by atoms with van der Waals surface area (Å²) in [5.41, 5.74) is 16.0. The van der Waals surface area contributed by atoms with Gasteiger partial charge in [-0.05, 0) is 167 Å². The molecule has 4 saturated carbocycles. The first-order valence-corrected chi connectivity index (χ1v) is 21.4. The average molecular weight is 745 g/mol. The Hall–Kier alpha value is -6.38. The quantitative estimate of drug-likeness (QED) is 0.170. The highest BCUT2D eigenvalue weighted by atomic mass is 15.1. The summed E-state index contributed by atoms with van der Waals surface area (Å²) in [4.78, 5) is 2.41. The normalized spacial score (nSPS) is 22.6. The lowest BCUT2D eigenvalue weighted by Gasteiger charge is -2.61. The van der Waals surface area contributed by atoms with Crippen molar-refractivity contribution in [3.63, 3.8) is 0 Å². The van der Waals surface area contributed by atoms with Crippen LogP contribution in [0.4, 0.5) is 17.1 Å². The molecular formula is C56H44N2. The zero-order chi connectivity index (χ0) is 38.0. The van der Waals surface area contributed by atoms with Crippen LogP contribution in [0.3, 0.4) is 0 Å². The summed E-state index contributed by atoms with van der Waals surface area (Å²) < 4.78 is 2.39. The minimum atomic E-state index is 0.174. The van der Waals surface area contributed by atoms with E-state index in [-0.39, 0.29) is 5.41 Å². The molecule has 8 aromatic carbocycles. The van der Waals surface area contributed by atoms with Crippen LogP contribution in [0.5, 0.6) is 0 Å². The van der Waals surface area contributed by atoms with Gasteiger partial charge in [0.05, 0.1) is 11.0 Å². The monoisotopic (exact) mass is 744 g/mol. The molecule has 1 aromatic heterocycles. The van der Waals surface area contributed by atoms with Crippen molar-refractivity contribution in [1.82, 2.24) is 4.57 Å². The van der Waals surface area contributed by atoms with Gasteiger partial charge < -0.3 is 9.47 Å². The lowest BCUT2D eigenvalue weighted by Crippen LogP contribution is -2.55. The number of anilines is 3. The second-order valence-electron chi connectivity index (χ2n) is 17.8. The maximum Gasteiger partial charge on any atom is 0.0541 e. The van der Waals surface area contributed by atoms with E-state index in [4.69, 9.17) is 0 Å². The van der Waals surface area contributed by atoms with Crippen LogP contribution < -0.4 is 4.90 Å². The molecule has 0 unspecified atom stereocenters. The summed E-state index contributed by atoms with van der Waals surface area (Å²) in [6, 6.07) is 68.4. The van der Waals surface area contributed by atoms with E-state index >= 15 is 0 Å². The van der Waals surface area contributed by atoms with E-state index in [0.29, 0.717) is 0 Å². The molecule has 278 valence electrons. The first kappa shape index (κ1) is 32.7. The van der Waals surface area contributed by atoms with Crippen molar-refractivity contribution in [2.24, 2.45) is 23.7 Å². The van der Waals surface area contributed by atoms with Crippen molar-refractivity contribution in [2.45, 2.75) is 37.5 Å². The van der Waals surface area contributed by atoms with Crippen LogP contribution >= 0.6 is 0 Å². The molecule has 2 heteroatoms. The van der Waals surface area contributed by atoms with Crippen molar-refractivity contribution in [3.05, 3.63) is 193 Å². The minimum absolute atomic E-state index is 0.174. The molecule has 58 heavy (non-hydrogen) atoms. The van der Waals surface area contributed by atoms with Crippen molar-refractivity contribution in [2.75, 3.05) is 4.90 Å². The van der Waals surface area contributed by atoms with E-state index in [2.05, 4.69) is 191 Å². The highest BCUT2D eigenvalue weighted by Gasteiger charge is 2.61. The highest BCUT2D eigenvalue weighted by molar-refractivity contribution is 6.09. The highest BCUT2D eigenvalue weighted by Crippen LogP contribution is 2.69. The standard InChI is InChI=1S/C56H44N2/c1-2-10-40-34-47(23-19-38(40)9-1)57(45-24-26-46(27-25-45)58-54-15-7-4-12-50(54)51-13-5-8-16-55(51)58)44-21-17-39(18-22-44)41-20-28-49-48-11-3-6-14-52(48)56(53(49)35-41)42-30-36-29-37(32-42)33-43(56)31-36/h1-28,34-37,42-43H,29-33H2. The molecule has 0 aliphatic heterocycles. The molecule has 4 fully saturated rings. The van der Waals surface area contributed by atoms with Gasteiger partial charge in [-0.3, -0.25) is 0 Å². The van der Waals surface area contributed by atoms with Crippen molar-refractivity contribution in [3.8, 4) is 27.9 Å². The summed E-state index contributed by atoms with van der Waals surface area (Å²) in [6.45, 7) is 0. The molecular weight excluding hydrogens is 701 g/mol. The number of aromatic nitrogens is 1. The second kappa shape index (κ2) is 12.3. The lowest BCUT2D eigenvalue weighted by atomic mass is 9.43. The SMILES string of the molecule is c1ccc2c(c1)-c1ccc(-c3ccc(N(c4ccc(-n5c6ccccc6c6ccccc65)cc4)c4ccc5ccccc5c4)cc3)cc1C21C2CC3CC(C2)CC1C3. The van der Waals surface area contributed by atoms with Gasteiger partial charge in [-0.2, -0.15) is 0 Å². The molecule has 5 aliphatic carbocycles. The number of benzene rings is 8. The van der Waals surface area contributed by atoms with Crippen molar-refractivity contribution >= 4 is 49.6 Å². The lowest BCUT2D eigenvalue weighted by molar-refractivity contribution is -0.0399. The van der Waals surface area contributed by atoms with Crippen LogP contribution in [-0.4, -0.2) is 4.57 Å². The van der Waals surface area contributed by atoms with Gasteiger partial charge in [-0.25, -0.2) is 0 Å². The zero-order valence-electron chi connectivity index (χ0n) is 32.6. The number of hydrogen-bond donors (Lipinski definition) is 0. The third kappa shape index (κ3) is 4.60. The number of nitrogens with zero attached hydrogens (tertiary/aromatic N) is 2. The fourth-order valence-electron chi connectivity index (χ4n) is 12.8. The summed E-state index contributed by atoms with van der Waals surface area (Å²) >= 11 is 0. The molecule has 0 saturated heterocycles. The number of fused-ring (bicyclic) bond motifs is 7. The van der Waals surface area contributed by atoms with Gasteiger partial charge >= 0.3 is 0 Å². The maximum absolute atomic E-state index is 2.61. The zero-order valence-corrected chi connectivity index (χ0v) is 32.6. The third-order valence-electron chi connectivity index (χ3n) is 15.0. The number of hydrogen-bond acceptors (Lipinski definition) is 1. The van der Waals surface area contributed by atoms with Crippen LogP contribution in [0.1, 0.15) is 43.2 Å². The Kier molecular flexibility index (Phi) is 6.94. The van der Waals surface area contributed by atoms with Gasteiger partial charge in [0.1, 0.15) is 0 Å². The van der Waals surface area contributed by atoms with E-state index in [9.17, 15) is 0 Å². The molecule has 5 aliphatic rings. The summed E-state index contributed by atoms with van der Waals surface area (Å²) in [5, 5.41) is 5.04. The van der Waals surface area contributed by atoms with Gasteiger partial charge in [-0.1, -0.05) is 115 Å². The summed E-state index contributed by atoms with van der Waals surface area (Å²) in [7, 11) is 0. The smallest absolute Gasteiger partial charge is 0.0541 e. The Morgan fingerprint density at radius 3 is 1.67 bits per heavy atom. The van der Waals surface area contributed by atoms with Crippen LogP contribution in [0.25, 0.3) is 60.5 Å². The fourth-order valence-corrected chi connectivity index (χ4v) is 12.8. The molecule has 2 nitrogen and oxygen atoms in total. The first-order valence-electron chi connectivity index (χ1n) is 21.4. The van der Waals surface area contributed by atoms with Crippen molar-refractivity contribution in [1.29, 1.82) is 0 Å². The predicted octanol–water partition coefficient (Wildman–Crippen LogP) is 14.8. The third-order valence-corrected chi connectivity index (χ3v) is 15.0. The summed E-state index contributed by atoms with van der Waals surface area (Å²) in [6.07, 6.45) is 7.10. The Bertz CT molecular complexity index is 2990. The fraction of sp³-hybridized carbons (Fsp3) is 0.179. The van der Waals surface area contributed by atoms with Crippen LogP contribution in [0, 0.1) is 23.7 Å². The van der Waals surface area contributed by atoms with E-state index in [0.717, 1.165) is 46.4 Å². The van der Waals surface area contributed by atoms with E-state index < -0.39 is 0 Å². The van der Waals surface area contributed by atoms with E-state index in [1.807, 2.05) is 0 Å². The van der Waals surface area contributed by atoms with Crippen LogP contribution in [0.15, 0.2) is 182 Å². The molecule has 0 atom stereocenters. The molecule has 0 amide bonds. The van der Waals surface area contributed by atoms with Crippen LogP contribution in [-0.2, 0) is 5.41 Å². The Morgan fingerprint density at radius 1 is 0.414 bits per heavy atom. The molecule has 0 radical (unpaired) electrons. The van der Waals surface area contributed by atoms with Crippen molar-refractivity contribution < 1.29 is 0 Å². The van der Waals surface area contributed by atoms with Crippen LogP contribution in [0.2, 0.25) is 0 Å². The van der Waals surface area contributed by atoms with Gasteiger partial charge in [0.15, 0.2) is 0 Å². The number of para-hydroxylation sites is 2. The van der Waals surface area contributed by atoms with Gasteiger partial charge in [-0.15, -0.1) is 0 Å². The molecule has 1 spiro atoms. The Balaban J connectivity index is 0.906. The molecule has 1 heterocycles. The van der Waals surface area contributed by atoms with Gasteiger partial charge in [0.25, 0.3) is 0 Å². The average Bonchev–Trinajstić information content (AvgIpc) is 3.76. The Morgan fingerprint density at radius 2 is 0.966 bits per heavy atom. The molecule has 0 N–H and O–H groups in total. The van der Waals surface area contributed by atoms with Gasteiger partial charge in [0.2, 0.25) is 0 Å². The minimum Gasteiger partial charge on any atom is -0.310 e.